The summed E-state index contributed by atoms with van der Waals surface area (Å²) in [4.78, 5) is -0.547. The number of anilines is 1. The summed E-state index contributed by atoms with van der Waals surface area (Å²) in [7, 11) is -3.67. The number of nitrogens with two attached hydrogens (primary N) is 1. The van der Waals surface area contributed by atoms with Crippen LogP contribution in [0.4, 0.5) is 10.1 Å². The summed E-state index contributed by atoms with van der Waals surface area (Å²) in [6.07, 6.45) is 0.872. The summed E-state index contributed by atoms with van der Waals surface area (Å²) in [5.74, 6) is -0.887. The van der Waals surface area contributed by atoms with Crippen molar-refractivity contribution >= 4 is 27.1 Å². The molecule has 1 aromatic carbocycles. The Kier molecular flexibility index (Phi) is 2.49. The zero-order chi connectivity index (χ0) is 10.2. The minimum absolute atomic E-state index is 0.0449. The molecular weight excluding hydrogens is 217 g/mol. The van der Waals surface area contributed by atoms with Gasteiger partial charge in [-0.2, -0.15) is 0 Å². The van der Waals surface area contributed by atoms with Crippen LogP contribution in [0.25, 0.3) is 0 Å². The summed E-state index contributed by atoms with van der Waals surface area (Å²) in [6, 6.07) is 2.18. The lowest BCUT2D eigenvalue weighted by Crippen LogP contribution is -2.03. The Bertz CT molecular complexity index is 444. The van der Waals surface area contributed by atoms with E-state index in [-0.39, 0.29) is 10.7 Å². The third-order valence-electron chi connectivity index (χ3n) is 1.45. The van der Waals surface area contributed by atoms with E-state index in [1.807, 2.05) is 0 Å². The van der Waals surface area contributed by atoms with E-state index in [0.717, 1.165) is 12.3 Å². The maximum atomic E-state index is 13.0. The molecule has 0 aliphatic carbocycles. The van der Waals surface area contributed by atoms with Crippen molar-refractivity contribution < 1.29 is 12.8 Å². The molecular formula is C7H7ClFNO2S. The molecule has 2 N–H and O–H groups in total. The molecule has 0 bridgehead atoms. The molecule has 0 fully saturated rings. The predicted molar refractivity (Wildman–Crippen MR) is 48.9 cm³/mol. The third kappa shape index (κ3) is 1.92. The second-order valence-electron chi connectivity index (χ2n) is 2.55. The SMILES string of the molecule is CS(=O)(=O)c1c(F)ccc(N)c1Cl. The Labute approximate surface area is 80.2 Å². The second-order valence-corrected chi connectivity index (χ2v) is 4.88. The Morgan fingerprint density at radius 1 is 1.46 bits per heavy atom. The largest absolute Gasteiger partial charge is 0.397 e. The number of rotatable bonds is 1. The van der Waals surface area contributed by atoms with Gasteiger partial charge in [-0.25, -0.2) is 12.8 Å². The lowest BCUT2D eigenvalue weighted by molar-refractivity contribution is 0.571. The molecule has 3 nitrogen and oxygen atoms in total. The van der Waals surface area contributed by atoms with Gasteiger partial charge in [-0.05, 0) is 12.1 Å². The van der Waals surface area contributed by atoms with Gasteiger partial charge in [0.1, 0.15) is 10.7 Å². The van der Waals surface area contributed by atoms with Crippen LogP contribution in [0.15, 0.2) is 17.0 Å². The van der Waals surface area contributed by atoms with E-state index < -0.39 is 20.5 Å². The zero-order valence-corrected chi connectivity index (χ0v) is 8.29. The summed E-state index contributed by atoms with van der Waals surface area (Å²) in [6.45, 7) is 0. The fourth-order valence-electron chi connectivity index (χ4n) is 0.888. The standard InChI is InChI=1S/C7H7ClFNO2S/c1-13(11,12)7-4(9)2-3-5(10)6(7)8/h2-3H,10H2,1H3. The third-order valence-corrected chi connectivity index (χ3v) is 3.11. The van der Waals surface area contributed by atoms with Gasteiger partial charge in [-0.3, -0.25) is 0 Å². The highest BCUT2D eigenvalue weighted by Gasteiger charge is 2.19. The summed E-state index contributed by atoms with van der Waals surface area (Å²) < 4.78 is 35.1. The fourth-order valence-corrected chi connectivity index (χ4v) is 2.33. The van der Waals surface area contributed by atoms with Gasteiger partial charge in [-0.1, -0.05) is 11.6 Å². The van der Waals surface area contributed by atoms with Gasteiger partial charge in [0.2, 0.25) is 0 Å². The zero-order valence-electron chi connectivity index (χ0n) is 6.71. The number of sulfone groups is 1. The smallest absolute Gasteiger partial charge is 0.179 e. The molecule has 0 amide bonds. The molecule has 0 aliphatic rings. The van der Waals surface area contributed by atoms with E-state index in [9.17, 15) is 12.8 Å². The molecule has 0 aromatic heterocycles. The first-order valence-electron chi connectivity index (χ1n) is 3.27. The van der Waals surface area contributed by atoms with E-state index in [4.69, 9.17) is 17.3 Å². The Hall–Kier alpha value is -0.810. The average Bonchev–Trinajstić information content (AvgIpc) is 1.95. The van der Waals surface area contributed by atoms with Gasteiger partial charge in [-0.15, -0.1) is 0 Å². The average molecular weight is 224 g/mol. The summed E-state index contributed by atoms with van der Waals surface area (Å²) in [5.41, 5.74) is 5.37. The van der Waals surface area contributed by atoms with Crippen LogP contribution in [-0.2, 0) is 9.84 Å². The molecule has 0 spiro atoms. The first kappa shape index (κ1) is 10.3. The van der Waals surface area contributed by atoms with Crippen molar-refractivity contribution in [2.75, 3.05) is 12.0 Å². The molecule has 0 aliphatic heterocycles. The molecule has 0 saturated heterocycles. The molecule has 0 heterocycles. The summed E-state index contributed by atoms with van der Waals surface area (Å²) >= 11 is 5.54. The highest BCUT2D eigenvalue weighted by molar-refractivity contribution is 7.90. The van der Waals surface area contributed by atoms with Crippen LogP contribution >= 0.6 is 11.6 Å². The number of hydrogen-bond acceptors (Lipinski definition) is 3. The van der Waals surface area contributed by atoms with Crippen LogP contribution in [0.3, 0.4) is 0 Å². The first-order valence-corrected chi connectivity index (χ1v) is 5.54. The van der Waals surface area contributed by atoms with Crippen LogP contribution in [-0.4, -0.2) is 14.7 Å². The van der Waals surface area contributed by atoms with E-state index in [0.29, 0.717) is 0 Å². The van der Waals surface area contributed by atoms with Crippen molar-refractivity contribution in [3.8, 4) is 0 Å². The van der Waals surface area contributed by atoms with Crippen molar-refractivity contribution in [2.24, 2.45) is 0 Å². The molecule has 0 saturated carbocycles. The lowest BCUT2D eigenvalue weighted by Gasteiger charge is -2.05. The van der Waals surface area contributed by atoms with Gasteiger partial charge in [0.15, 0.2) is 9.84 Å². The molecule has 1 rings (SSSR count). The monoisotopic (exact) mass is 223 g/mol. The van der Waals surface area contributed by atoms with E-state index in [1.165, 1.54) is 6.07 Å². The van der Waals surface area contributed by atoms with Gasteiger partial charge < -0.3 is 5.73 Å². The van der Waals surface area contributed by atoms with Crippen molar-refractivity contribution in [3.05, 3.63) is 23.0 Å². The number of benzene rings is 1. The highest BCUT2D eigenvalue weighted by atomic mass is 35.5. The fraction of sp³-hybridized carbons (Fsp3) is 0.143. The van der Waals surface area contributed by atoms with E-state index in [2.05, 4.69) is 0 Å². The molecule has 0 atom stereocenters. The van der Waals surface area contributed by atoms with Crippen molar-refractivity contribution in [3.63, 3.8) is 0 Å². The van der Waals surface area contributed by atoms with Gasteiger partial charge in [0.25, 0.3) is 0 Å². The predicted octanol–water partition coefficient (Wildman–Crippen LogP) is 1.46. The number of halogens is 2. The van der Waals surface area contributed by atoms with E-state index in [1.54, 1.807) is 0 Å². The van der Waals surface area contributed by atoms with E-state index >= 15 is 0 Å². The topological polar surface area (TPSA) is 60.2 Å². The molecule has 0 unspecified atom stereocenters. The van der Waals surface area contributed by atoms with Gasteiger partial charge >= 0.3 is 0 Å². The number of nitrogen functional groups attached to an aromatic ring is 1. The van der Waals surface area contributed by atoms with Crippen LogP contribution < -0.4 is 5.73 Å². The van der Waals surface area contributed by atoms with Crippen LogP contribution in [0.1, 0.15) is 0 Å². The quantitative estimate of drug-likeness (QED) is 0.734. The van der Waals surface area contributed by atoms with Crippen molar-refractivity contribution in [1.29, 1.82) is 0 Å². The molecule has 6 heteroatoms. The van der Waals surface area contributed by atoms with Crippen LogP contribution in [0, 0.1) is 5.82 Å². The lowest BCUT2D eigenvalue weighted by atomic mass is 10.3. The number of hydrogen-bond donors (Lipinski definition) is 1. The van der Waals surface area contributed by atoms with Crippen molar-refractivity contribution in [1.82, 2.24) is 0 Å². The normalized spacial score (nSPS) is 11.6. The minimum Gasteiger partial charge on any atom is -0.397 e. The second kappa shape index (κ2) is 3.16. The van der Waals surface area contributed by atoms with Crippen LogP contribution in [0.2, 0.25) is 5.02 Å². The van der Waals surface area contributed by atoms with Crippen LogP contribution in [0.5, 0.6) is 0 Å². The van der Waals surface area contributed by atoms with Gasteiger partial charge in [0, 0.05) is 6.26 Å². The minimum atomic E-state index is -3.67. The van der Waals surface area contributed by atoms with Gasteiger partial charge in [0.05, 0.1) is 10.7 Å². The molecule has 72 valence electrons. The molecule has 1 aromatic rings. The Morgan fingerprint density at radius 3 is 2.38 bits per heavy atom. The maximum Gasteiger partial charge on any atom is 0.179 e. The maximum absolute atomic E-state index is 13.0. The first-order chi connectivity index (χ1) is 5.84. The summed E-state index contributed by atoms with van der Waals surface area (Å²) in [5, 5.41) is -0.262. The molecule has 13 heavy (non-hydrogen) atoms. The highest BCUT2D eigenvalue weighted by Crippen LogP contribution is 2.29. The Balaban J connectivity index is 3.62. The van der Waals surface area contributed by atoms with Crippen molar-refractivity contribution in [2.45, 2.75) is 4.90 Å². The Morgan fingerprint density at radius 2 is 2.00 bits per heavy atom. The molecule has 0 radical (unpaired) electrons.